The van der Waals surface area contributed by atoms with Gasteiger partial charge in [-0.1, -0.05) is 12.1 Å². The molecule has 1 aromatic carbocycles. The lowest BCUT2D eigenvalue weighted by Crippen LogP contribution is -2.18. The molecule has 1 aliphatic heterocycles. The zero-order valence-electron chi connectivity index (χ0n) is 20.1. The fraction of sp³-hybridized carbons (Fsp3) is 0.172. The average molecular weight is 490 g/mol. The Bertz CT molecular complexity index is 1730. The van der Waals surface area contributed by atoms with Gasteiger partial charge in [0.05, 0.1) is 34.8 Å². The average Bonchev–Trinajstić information content (AvgIpc) is 3.68. The highest BCUT2D eigenvalue weighted by atomic mass is 19.1. The van der Waals surface area contributed by atoms with E-state index in [0.29, 0.717) is 0 Å². The topological polar surface area (TPSA) is 86.4 Å². The first-order valence-electron chi connectivity index (χ1n) is 12.4. The molecule has 0 amide bonds. The number of pyridine rings is 3. The van der Waals surface area contributed by atoms with E-state index < -0.39 is 0 Å². The summed E-state index contributed by atoms with van der Waals surface area (Å²) in [5, 5.41) is 9.69. The minimum Gasteiger partial charge on any atom is -0.352 e. The van der Waals surface area contributed by atoms with Crippen LogP contribution in [0.1, 0.15) is 18.4 Å². The van der Waals surface area contributed by atoms with Crippen LogP contribution in [0.3, 0.4) is 0 Å². The third-order valence-corrected chi connectivity index (χ3v) is 7.10. The third kappa shape index (κ3) is 4.05. The second-order valence-electron chi connectivity index (χ2n) is 9.59. The summed E-state index contributed by atoms with van der Waals surface area (Å²) in [7, 11) is 0. The molecule has 6 heterocycles. The number of halogens is 1. The van der Waals surface area contributed by atoms with Gasteiger partial charge in [0, 0.05) is 47.0 Å². The van der Waals surface area contributed by atoms with E-state index in [1.807, 2.05) is 18.6 Å². The molecule has 0 spiro atoms. The second-order valence-corrected chi connectivity index (χ2v) is 9.59. The second kappa shape index (κ2) is 8.90. The lowest BCUT2D eigenvalue weighted by molar-refractivity contribution is 0.331. The van der Waals surface area contributed by atoms with Crippen molar-refractivity contribution < 1.29 is 4.39 Å². The van der Waals surface area contributed by atoms with E-state index in [2.05, 4.69) is 53.2 Å². The largest absolute Gasteiger partial charge is 0.352 e. The predicted molar refractivity (Wildman–Crippen MR) is 142 cm³/mol. The Hall–Kier alpha value is -4.43. The molecule has 1 aliphatic rings. The number of fused-ring (bicyclic) bond motifs is 2. The van der Waals surface area contributed by atoms with Crippen molar-refractivity contribution in [2.75, 3.05) is 13.1 Å². The zero-order valence-corrected chi connectivity index (χ0v) is 20.1. The molecule has 6 aromatic rings. The van der Waals surface area contributed by atoms with E-state index in [-0.39, 0.29) is 5.82 Å². The van der Waals surface area contributed by atoms with Crippen LogP contribution < -0.4 is 0 Å². The van der Waals surface area contributed by atoms with Crippen molar-refractivity contribution in [1.29, 1.82) is 0 Å². The maximum Gasteiger partial charge on any atom is 0.123 e. The van der Waals surface area contributed by atoms with Crippen LogP contribution in [0, 0.1) is 5.82 Å². The first-order valence-corrected chi connectivity index (χ1v) is 12.4. The van der Waals surface area contributed by atoms with Gasteiger partial charge in [-0.2, -0.15) is 5.10 Å². The normalized spacial score (nSPS) is 14.2. The highest BCUT2D eigenvalue weighted by Gasteiger charge is 2.16. The number of H-pyrrole nitrogens is 2. The molecule has 2 N–H and O–H groups in total. The van der Waals surface area contributed by atoms with Crippen molar-refractivity contribution in [2.24, 2.45) is 0 Å². The maximum absolute atomic E-state index is 13.5. The molecule has 0 saturated carbocycles. The summed E-state index contributed by atoms with van der Waals surface area (Å²) >= 11 is 0. The predicted octanol–water partition coefficient (Wildman–Crippen LogP) is 5.97. The van der Waals surface area contributed by atoms with Crippen molar-refractivity contribution in [2.45, 2.75) is 19.4 Å². The molecule has 0 aliphatic carbocycles. The summed E-state index contributed by atoms with van der Waals surface area (Å²) in [6, 6.07) is 12.8. The summed E-state index contributed by atoms with van der Waals surface area (Å²) < 4.78 is 13.5. The molecule has 0 atom stereocenters. The van der Waals surface area contributed by atoms with E-state index in [9.17, 15) is 4.39 Å². The molecule has 37 heavy (non-hydrogen) atoms. The minimum absolute atomic E-state index is 0.261. The summed E-state index contributed by atoms with van der Waals surface area (Å²) in [6.07, 6.45) is 11.8. The third-order valence-electron chi connectivity index (χ3n) is 7.10. The van der Waals surface area contributed by atoms with Gasteiger partial charge in [0.2, 0.25) is 0 Å². The van der Waals surface area contributed by atoms with Gasteiger partial charge in [-0.25, -0.2) is 4.39 Å². The molecular formula is C29H24FN7. The van der Waals surface area contributed by atoms with Crippen LogP contribution in [0.2, 0.25) is 0 Å². The van der Waals surface area contributed by atoms with Crippen LogP contribution in [-0.2, 0) is 6.54 Å². The van der Waals surface area contributed by atoms with Gasteiger partial charge in [0.25, 0.3) is 0 Å². The van der Waals surface area contributed by atoms with E-state index in [1.54, 1.807) is 24.5 Å². The highest BCUT2D eigenvalue weighted by Crippen LogP contribution is 2.34. The zero-order chi connectivity index (χ0) is 24.8. The van der Waals surface area contributed by atoms with Gasteiger partial charge in [-0.3, -0.25) is 25.0 Å². The van der Waals surface area contributed by atoms with Gasteiger partial charge in [0.1, 0.15) is 11.5 Å². The molecule has 0 unspecified atom stereocenters. The first kappa shape index (κ1) is 21.8. The number of rotatable bonds is 5. The Morgan fingerprint density at radius 2 is 1.65 bits per heavy atom. The summed E-state index contributed by atoms with van der Waals surface area (Å²) in [6.45, 7) is 3.21. The van der Waals surface area contributed by atoms with Crippen molar-refractivity contribution in [3.8, 4) is 33.8 Å². The monoisotopic (exact) mass is 489 g/mol. The molecule has 7 rings (SSSR count). The number of aromatic amines is 2. The number of hydrogen-bond acceptors (Lipinski definition) is 5. The van der Waals surface area contributed by atoms with Gasteiger partial charge in [-0.05, 0) is 67.4 Å². The van der Waals surface area contributed by atoms with Crippen LogP contribution in [0.5, 0.6) is 0 Å². The van der Waals surface area contributed by atoms with Crippen molar-refractivity contribution in [3.05, 3.63) is 84.8 Å². The van der Waals surface area contributed by atoms with Gasteiger partial charge in [0.15, 0.2) is 0 Å². The Morgan fingerprint density at radius 3 is 2.51 bits per heavy atom. The number of benzene rings is 1. The molecule has 1 fully saturated rings. The van der Waals surface area contributed by atoms with Crippen LogP contribution in [0.25, 0.3) is 55.6 Å². The number of hydrogen-bond donors (Lipinski definition) is 2. The summed E-state index contributed by atoms with van der Waals surface area (Å²) in [5.74, 6) is -0.261. The quantitative estimate of drug-likeness (QED) is 0.312. The van der Waals surface area contributed by atoms with Crippen molar-refractivity contribution in [1.82, 2.24) is 35.0 Å². The maximum atomic E-state index is 13.5. The SMILES string of the molecule is Fc1ccc(-c2cncc3[nH]c(-c4n[nH]c5cnc(-c6cncc(CN7CCCC7)c6)cc45)cc23)cc1. The minimum atomic E-state index is -0.261. The van der Waals surface area contributed by atoms with Crippen LogP contribution in [0.15, 0.2) is 73.4 Å². The smallest absolute Gasteiger partial charge is 0.123 e. The Kier molecular flexibility index (Phi) is 5.25. The lowest BCUT2D eigenvalue weighted by Gasteiger charge is -2.14. The molecule has 1 saturated heterocycles. The Balaban J connectivity index is 1.27. The summed E-state index contributed by atoms with van der Waals surface area (Å²) in [4.78, 5) is 19.5. The number of aromatic nitrogens is 6. The molecule has 0 radical (unpaired) electrons. The van der Waals surface area contributed by atoms with Crippen LogP contribution >= 0.6 is 0 Å². The standard InChI is InChI=1S/C29H24FN7/c30-21-5-3-19(4-6-21)24-14-32-15-27-22(24)10-26(34-27)29-23-11-25(33-16-28(23)35-36-29)20-9-18(12-31-13-20)17-37-7-1-2-8-37/h3-6,9-16,34H,1-2,7-8,17H2,(H,35,36). The van der Waals surface area contributed by atoms with Gasteiger partial charge < -0.3 is 4.98 Å². The molecule has 182 valence electrons. The molecule has 0 bridgehead atoms. The van der Waals surface area contributed by atoms with E-state index in [4.69, 9.17) is 0 Å². The fourth-order valence-corrected chi connectivity index (χ4v) is 5.23. The molecule has 8 heteroatoms. The van der Waals surface area contributed by atoms with Crippen LogP contribution in [0.4, 0.5) is 4.39 Å². The van der Waals surface area contributed by atoms with E-state index >= 15 is 0 Å². The summed E-state index contributed by atoms with van der Waals surface area (Å²) in [5.41, 5.74) is 8.31. The van der Waals surface area contributed by atoms with Crippen molar-refractivity contribution in [3.63, 3.8) is 0 Å². The Morgan fingerprint density at radius 1 is 0.811 bits per heavy atom. The Labute approximate surface area is 212 Å². The molecular weight excluding hydrogens is 465 g/mol. The lowest BCUT2D eigenvalue weighted by atomic mass is 10.0. The van der Waals surface area contributed by atoms with Crippen LogP contribution in [-0.4, -0.2) is 48.1 Å². The van der Waals surface area contributed by atoms with E-state index in [0.717, 1.165) is 75.2 Å². The number of nitrogens with zero attached hydrogens (tertiary/aromatic N) is 5. The number of likely N-dealkylation sites (tertiary alicyclic amines) is 1. The molecule has 5 aromatic heterocycles. The highest BCUT2D eigenvalue weighted by molar-refractivity contribution is 6.01. The van der Waals surface area contributed by atoms with E-state index in [1.165, 1.54) is 30.5 Å². The fourth-order valence-electron chi connectivity index (χ4n) is 5.23. The first-order chi connectivity index (χ1) is 18.2. The van der Waals surface area contributed by atoms with Crippen molar-refractivity contribution >= 4 is 21.8 Å². The van der Waals surface area contributed by atoms with Gasteiger partial charge in [-0.15, -0.1) is 0 Å². The number of nitrogens with one attached hydrogen (secondary N) is 2. The van der Waals surface area contributed by atoms with Gasteiger partial charge >= 0.3 is 0 Å². The molecule has 7 nitrogen and oxygen atoms in total.